The molecule has 1 spiro atoms. The quantitative estimate of drug-likeness (QED) is 0.183. The molecule has 0 amide bonds. The third-order valence-electron chi connectivity index (χ3n) is 11.3. The Morgan fingerprint density at radius 2 is 1.21 bits per heavy atom. The summed E-state index contributed by atoms with van der Waals surface area (Å²) >= 11 is 0. The Morgan fingerprint density at radius 1 is 0.509 bits per heavy atom. The highest BCUT2D eigenvalue weighted by Gasteiger charge is 2.51. The Morgan fingerprint density at radius 3 is 2.04 bits per heavy atom. The summed E-state index contributed by atoms with van der Waals surface area (Å²) in [7, 11) is 0. The normalized spacial score (nSPS) is 13.6. The zero-order valence-electron chi connectivity index (χ0n) is 28.4. The van der Waals surface area contributed by atoms with Gasteiger partial charge in [0.05, 0.1) is 27.5 Å². The number of para-hydroxylation sites is 1. The summed E-state index contributed by atoms with van der Waals surface area (Å²) in [4.78, 5) is 15.3. The maximum absolute atomic E-state index is 7.17. The van der Waals surface area contributed by atoms with Gasteiger partial charge in [-0.2, -0.15) is 4.98 Å². The molecule has 0 bridgehead atoms. The van der Waals surface area contributed by atoms with Crippen LogP contribution in [0.25, 0.3) is 71.9 Å². The van der Waals surface area contributed by atoms with E-state index in [1.807, 2.05) is 30.3 Å². The van der Waals surface area contributed by atoms with E-state index in [9.17, 15) is 0 Å². The number of rotatable bonds is 2. The van der Waals surface area contributed by atoms with Crippen molar-refractivity contribution in [1.82, 2.24) is 19.5 Å². The lowest BCUT2D eigenvalue weighted by Crippen LogP contribution is -2.32. The van der Waals surface area contributed by atoms with Crippen molar-refractivity contribution >= 4 is 43.6 Å². The van der Waals surface area contributed by atoms with Crippen LogP contribution in [-0.4, -0.2) is 19.5 Å². The third kappa shape index (κ3) is 3.68. The van der Waals surface area contributed by atoms with Gasteiger partial charge < -0.3 is 4.74 Å². The molecule has 3 aromatic heterocycles. The molecule has 2 aliphatic rings. The topological polar surface area (TPSA) is 52.8 Å². The molecule has 5 nitrogen and oxygen atoms in total. The molecule has 1 aliphatic carbocycles. The van der Waals surface area contributed by atoms with Gasteiger partial charge in [-0.25, -0.2) is 9.97 Å². The van der Waals surface area contributed by atoms with Crippen LogP contribution in [0.15, 0.2) is 170 Å². The van der Waals surface area contributed by atoms with E-state index in [0.29, 0.717) is 11.6 Å². The van der Waals surface area contributed by atoms with Crippen LogP contribution in [0.3, 0.4) is 0 Å². The molecule has 0 saturated heterocycles. The van der Waals surface area contributed by atoms with Crippen molar-refractivity contribution in [2.24, 2.45) is 0 Å². The van der Waals surface area contributed by atoms with Gasteiger partial charge in [0, 0.05) is 39.0 Å². The number of nitrogens with zero attached hydrogens (tertiary/aromatic N) is 4. The average Bonchev–Trinajstić information content (AvgIpc) is 3.73. The van der Waals surface area contributed by atoms with Gasteiger partial charge in [-0.3, -0.25) is 4.57 Å². The first-order chi connectivity index (χ1) is 26.3. The first kappa shape index (κ1) is 28.6. The minimum absolute atomic E-state index is 0.564. The van der Waals surface area contributed by atoms with E-state index < -0.39 is 5.41 Å². The molecule has 0 N–H and O–H groups in total. The second kappa shape index (κ2) is 10.5. The number of hydrogen-bond acceptors (Lipinski definition) is 4. The lowest BCUT2D eigenvalue weighted by atomic mass is 9.66. The molecule has 7 aromatic carbocycles. The maximum atomic E-state index is 7.17. The van der Waals surface area contributed by atoms with Crippen molar-refractivity contribution in [3.05, 3.63) is 192 Å². The number of ether oxygens (including phenoxy) is 1. The molecule has 0 atom stereocenters. The molecule has 1 aliphatic heterocycles. The molecule has 0 unspecified atom stereocenters. The first-order valence-corrected chi connectivity index (χ1v) is 18.0. The third-order valence-corrected chi connectivity index (χ3v) is 11.3. The van der Waals surface area contributed by atoms with Gasteiger partial charge in [-0.1, -0.05) is 140 Å². The van der Waals surface area contributed by atoms with Crippen LogP contribution >= 0.6 is 0 Å². The van der Waals surface area contributed by atoms with Crippen molar-refractivity contribution in [1.29, 1.82) is 0 Å². The molecule has 4 heterocycles. The molecular weight excluding hydrogens is 649 g/mol. The summed E-state index contributed by atoms with van der Waals surface area (Å²) in [5.41, 5.74) is 11.2. The van der Waals surface area contributed by atoms with E-state index in [0.717, 1.165) is 71.8 Å². The van der Waals surface area contributed by atoms with E-state index in [4.69, 9.17) is 19.7 Å². The van der Waals surface area contributed by atoms with Gasteiger partial charge in [0.15, 0.2) is 5.65 Å². The predicted molar refractivity (Wildman–Crippen MR) is 212 cm³/mol. The standard InChI is InChI=1S/C48H28N4O/c1-2-14-30(15-3-1)43-35-19-12-28-49-46(35)51-47(50-43)52-40-27-26-39-45(42(40)34-25-24-29-13-4-5-16-31(29)44(34)52)53-41-23-11-10-22-38(41)48(39)36-20-8-6-17-32(36)33-18-7-9-21-37(33)48/h1-28H. The summed E-state index contributed by atoms with van der Waals surface area (Å²) < 4.78 is 9.40. The van der Waals surface area contributed by atoms with Crippen LogP contribution < -0.4 is 4.74 Å². The summed E-state index contributed by atoms with van der Waals surface area (Å²) in [6.07, 6.45) is 1.80. The Labute approximate surface area is 304 Å². The predicted octanol–water partition coefficient (Wildman–Crippen LogP) is 11.4. The zero-order chi connectivity index (χ0) is 34.7. The van der Waals surface area contributed by atoms with Crippen LogP contribution in [0.5, 0.6) is 11.5 Å². The lowest BCUT2D eigenvalue weighted by molar-refractivity contribution is 0.442. The minimum Gasteiger partial charge on any atom is -0.456 e. The summed E-state index contributed by atoms with van der Waals surface area (Å²) in [5, 5.41) is 5.27. The first-order valence-electron chi connectivity index (χ1n) is 18.0. The number of hydrogen-bond donors (Lipinski definition) is 0. The smallest absolute Gasteiger partial charge is 0.237 e. The number of pyridine rings is 1. The van der Waals surface area contributed by atoms with Gasteiger partial charge in [0.2, 0.25) is 5.95 Å². The Balaban J connectivity index is 1.26. The van der Waals surface area contributed by atoms with Crippen LogP contribution in [0.4, 0.5) is 0 Å². The van der Waals surface area contributed by atoms with Gasteiger partial charge in [0.1, 0.15) is 11.5 Å². The fourth-order valence-electron chi connectivity index (χ4n) is 9.25. The highest BCUT2D eigenvalue weighted by molar-refractivity contribution is 6.21. The monoisotopic (exact) mass is 676 g/mol. The Bertz CT molecular complexity index is 3120. The average molecular weight is 677 g/mol. The van der Waals surface area contributed by atoms with Crippen LogP contribution in [-0.2, 0) is 5.41 Å². The van der Waals surface area contributed by atoms with Crippen LogP contribution in [0, 0.1) is 0 Å². The molecule has 0 fully saturated rings. The molecule has 5 heteroatoms. The second-order valence-corrected chi connectivity index (χ2v) is 13.9. The van der Waals surface area contributed by atoms with E-state index in [1.54, 1.807) is 6.20 Å². The van der Waals surface area contributed by atoms with E-state index in [-0.39, 0.29) is 0 Å². The largest absolute Gasteiger partial charge is 0.456 e. The van der Waals surface area contributed by atoms with E-state index in [2.05, 4.69) is 138 Å². The van der Waals surface area contributed by atoms with Crippen molar-refractivity contribution in [2.75, 3.05) is 0 Å². The lowest BCUT2D eigenvalue weighted by Gasteiger charge is -2.39. The van der Waals surface area contributed by atoms with Gasteiger partial charge in [0.25, 0.3) is 0 Å². The Kier molecular flexibility index (Phi) is 5.64. The van der Waals surface area contributed by atoms with Crippen LogP contribution in [0.1, 0.15) is 22.3 Å². The fourth-order valence-corrected chi connectivity index (χ4v) is 9.25. The molecule has 12 rings (SSSR count). The SMILES string of the molecule is c1ccc(-c2nc(-n3c4ccc5c(c4c4ccc6ccccc6c43)Oc3ccccc3C53c4ccccc4-c4ccccc43)nc3ncccc23)cc1. The number of aromatic nitrogens is 4. The number of benzene rings is 7. The van der Waals surface area contributed by atoms with Crippen molar-refractivity contribution in [2.45, 2.75) is 5.41 Å². The van der Waals surface area contributed by atoms with Crippen molar-refractivity contribution in [3.8, 4) is 39.8 Å². The maximum Gasteiger partial charge on any atom is 0.237 e. The fraction of sp³-hybridized carbons (Fsp3) is 0.0208. The van der Waals surface area contributed by atoms with Gasteiger partial charge >= 0.3 is 0 Å². The molecule has 0 saturated carbocycles. The minimum atomic E-state index is -0.569. The molecule has 246 valence electrons. The molecule has 0 radical (unpaired) electrons. The summed E-state index contributed by atoms with van der Waals surface area (Å²) in [6, 6.07) is 58.1. The summed E-state index contributed by atoms with van der Waals surface area (Å²) in [5.74, 6) is 2.28. The van der Waals surface area contributed by atoms with Gasteiger partial charge in [-0.05, 0) is 51.9 Å². The highest BCUT2D eigenvalue weighted by Crippen LogP contribution is 2.63. The van der Waals surface area contributed by atoms with Crippen LogP contribution in [0.2, 0.25) is 0 Å². The zero-order valence-corrected chi connectivity index (χ0v) is 28.4. The van der Waals surface area contributed by atoms with Crippen molar-refractivity contribution < 1.29 is 4.74 Å². The number of fused-ring (bicyclic) bond motifs is 16. The Hall–Kier alpha value is -7.11. The summed E-state index contributed by atoms with van der Waals surface area (Å²) in [6.45, 7) is 0. The van der Waals surface area contributed by atoms with E-state index >= 15 is 0 Å². The molecular formula is C48H28N4O. The van der Waals surface area contributed by atoms with Gasteiger partial charge in [-0.15, -0.1) is 0 Å². The molecule has 10 aromatic rings. The second-order valence-electron chi connectivity index (χ2n) is 13.9. The van der Waals surface area contributed by atoms with Crippen molar-refractivity contribution in [3.63, 3.8) is 0 Å². The highest BCUT2D eigenvalue weighted by atomic mass is 16.5. The van der Waals surface area contributed by atoms with E-state index in [1.165, 1.54) is 22.3 Å². The molecule has 53 heavy (non-hydrogen) atoms.